The highest BCUT2D eigenvalue weighted by Crippen LogP contribution is 2.27. The smallest absolute Gasteiger partial charge is 0.358 e. The van der Waals surface area contributed by atoms with Crippen molar-refractivity contribution in [3.63, 3.8) is 0 Å². The predicted molar refractivity (Wildman–Crippen MR) is 74.9 cm³/mol. The normalized spacial score (nSPS) is 14.2. The van der Waals surface area contributed by atoms with E-state index in [4.69, 9.17) is 5.11 Å². The van der Waals surface area contributed by atoms with Gasteiger partial charge in [0.05, 0.1) is 12.7 Å². The van der Waals surface area contributed by atoms with Gasteiger partial charge in [-0.05, 0) is 18.8 Å². The van der Waals surface area contributed by atoms with Gasteiger partial charge in [0, 0.05) is 19.1 Å². The van der Waals surface area contributed by atoms with Crippen LogP contribution in [0.5, 0.6) is 0 Å². The zero-order valence-corrected chi connectivity index (χ0v) is 12.3. The lowest BCUT2D eigenvalue weighted by Crippen LogP contribution is -2.44. The van der Waals surface area contributed by atoms with Crippen molar-refractivity contribution in [2.45, 2.75) is 39.3 Å². The van der Waals surface area contributed by atoms with Gasteiger partial charge in [-0.15, -0.1) is 5.10 Å². The number of aromatic nitrogens is 3. The van der Waals surface area contributed by atoms with Crippen LogP contribution in [-0.4, -0.2) is 56.1 Å². The Hall–Kier alpha value is -2.12. The Labute approximate surface area is 123 Å². The Balaban J connectivity index is 1.78. The SMILES string of the molecule is CC(C)CN(C(=O)NCCn1cc(C(=O)O)nn1)C1CC1. The molecule has 0 aromatic carbocycles. The molecule has 0 radical (unpaired) electrons. The van der Waals surface area contributed by atoms with Crippen LogP contribution in [0.2, 0.25) is 0 Å². The molecule has 8 heteroatoms. The Morgan fingerprint density at radius 3 is 2.76 bits per heavy atom. The molecule has 1 aliphatic rings. The van der Waals surface area contributed by atoms with Crippen LogP contribution < -0.4 is 5.32 Å². The number of carbonyl (C=O) groups is 2. The van der Waals surface area contributed by atoms with Crippen molar-refractivity contribution in [3.05, 3.63) is 11.9 Å². The summed E-state index contributed by atoms with van der Waals surface area (Å²) in [6.07, 6.45) is 3.50. The molecule has 1 heterocycles. The largest absolute Gasteiger partial charge is 0.476 e. The molecule has 0 unspecified atom stereocenters. The topological polar surface area (TPSA) is 100 Å². The van der Waals surface area contributed by atoms with Crippen molar-refractivity contribution >= 4 is 12.0 Å². The number of aromatic carboxylic acids is 1. The van der Waals surface area contributed by atoms with E-state index < -0.39 is 5.97 Å². The third kappa shape index (κ3) is 4.44. The standard InChI is InChI=1S/C13H21N5O3/c1-9(2)7-18(10-3-4-10)13(21)14-5-6-17-8-11(12(19)20)15-16-17/h8-10H,3-7H2,1-2H3,(H,14,21)(H,19,20). The lowest BCUT2D eigenvalue weighted by molar-refractivity contribution is 0.0690. The average Bonchev–Trinajstić information content (AvgIpc) is 3.14. The molecule has 0 spiro atoms. The summed E-state index contributed by atoms with van der Waals surface area (Å²) < 4.78 is 1.41. The van der Waals surface area contributed by atoms with Gasteiger partial charge >= 0.3 is 12.0 Å². The number of nitrogens with one attached hydrogen (secondary N) is 1. The number of hydrogen-bond donors (Lipinski definition) is 2. The highest BCUT2D eigenvalue weighted by atomic mass is 16.4. The summed E-state index contributed by atoms with van der Waals surface area (Å²) >= 11 is 0. The maximum Gasteiger partial charge on any atom is 0.358 e. The summed E-state index contributed by atoms with van der Waals surface area (Å²) in [6.45, 7) is 5.72. The predicted octanol–water partition coefficient (Wildman–Crippen LogP) is 0.806. The first-order chi connectivity index (χ1) is 9.97. The second-order valence-corrected chi connectivity index (χ2v) is 5.68. The van der Waals surface area contributed by atoms with E-state index in [9.17, 15) is 9.59 Å². The fraction of sp³-hybridized carbons (Fsp3) is 0.692. The molecule has 1 aromatic rings. The minimum absolute atomic E-state index is 0.0650. The van der Waals surface area contributed by atoms with E-state index in [0.717, 1.165) is 19.4 Å². The summed E-state index contributed by atoms with van der Waals surface area (Å²) in [5, 5.41) is 18.8. The van der Waals surface area contributed by atoms with Crippen molar-refractivity contribution < 1.29 is 14.7 Å². The molecule has 2 N–H and O–H groups in total. The molecule has 0 aliphatic heterocycles. The van der Waals surface area contributed by atoms with Crippen molar-refractivity contribution in [1.29, 1.82) is 0 Å². The maximum atomic E-state index is 12.1. The van der Waals surface area contributed by atoms with Crippen LogP contribution in [0.1, 0.15) is 37.2 Å². The lowest BCUT2D eigenvalue weighted by atomic mass is 10.2. The van der Waals surface area contributed by atoms with E-state index in [1.807, 2.05) is 4.90 Å². The van der Waals surface area contributed by atoms with Crippen LogP contribution >= 0.6 is 0 Å². The van der Waals surface area contributed by atoms with Gasteiger partial charge in [0.2, 0.25) is 0 Å². The van der Waals surface area contributed by atoms with Gasteiger partial charge in [-0.25, -0.2) is 14.3 Å². The highest BCUT2D eigenvalue weighted by molar-refractivity contribution is 5.84. The zero-order valence-electron chi connectivity index (χ0n) is 12.3. The van der Waals surface area contributed by atoms with Crippen molar-refractivity contribution in [2.24, 2.45) is 5.92 Å². The van der Waals surface area contributed by atoms with E-state index in [1.165, 1.54) is 10.9 Å². The van der Waals surface area contributed by atoms with Gasteiger partial charge in [-0.3, -0.25) is 0 Å². The number of carboxylic acids is 1. The highest BCUT2D eigenvalue weighted by Gasteiger charge is 2.32. The minimum Gasteiger partial charge on any atom is -0.476 e. The molecule has 1 aliphatic carbocycles. The first-order valence-electron chi connectivity index (χ1n) is 7.15. The lowest BCUT2D eigenvalue weighted by Gasteiger charge is -2.24. The first-order valence-corrected chi connectivity index (χ1v) is 7.15. The van der Waals surface area contributed by atoms with Crippen molar-refractivity contribution in [2.75, 3.05) is 13.1 Å². The number of hydrogen-bond acceptors (Lipinski definition) is 4. The van der Waals surface area contributed by atoms with E-state index in [-0.39, 0.29) is 11.7 Å². The first kappa shape index (κ1) is 15.3. The third-order valence-electron chi connectivity index (χ3n) is 3.19. The van der Waals surface area contributed by atoms with Crippen LogP contribution in [0.25, 0.3) is 0 Å². The molecule has 8 nitrogen and oxygen atoms in total. The van der Waals surface area contributed by atoms with Crippen LogP contribution in [0.4, 0.5) is 4.79 Å². The number of carboxylic acid groups (broad SMARTS) is 1. The number of nitrogens with zero attached hydrogens (tertiary/aromatic N) is 4. The molecule has 1 saturated carbocycles. The van der Waals surface area contributed by atoms with E-state index >= 15 is 0 Å². The second-order valence-electron chi connectivity index (χ2n) is 5.68. The summed E-state index contributed by atoms with van der Waals surface area (Å²) in [7, 11) is 0. The van der Waals surface area contributed by atoms with Crippen LogP contribution in [-0.2, 0) is 6.54 Å². The summed E-state index contributed by atoms with van der Waals surface area (Å²) in [6, 6.07) is 0.308. The van der Waals surface area contributed by atoms with Crippen LogP contribution in [0.3, 0.4) is 0 Å². The molecule has 21 heavy (non-hydrogen) atoms. The van der Waals surface area contributed by atoms with Gasteiger partial charge < -0.3 is 15.3 Å². The third-order valence-corrected chi connectivity index (χ3v) is 3.19. The molecular weight excluding hydrogens is 274 g/mol. The van der Waals surface area contributed by atoms with Gasteiger partial charge in [0.15, 0.2) is 5.69 Å². The van der Waals surface area contributed by atoms with E-state index in [2.05, 4.69) is 29.5 Å². The minimum atomic E-state index is -1.11. The molecule has 2 rings (SSSR count). The molecular formula is C13H21N5O3. The molecule has 0 atom stereocenters. The maximum absolute atomic E-state index is 12.1. The monoisotopic (exact) mass is 295 g/mol. The molecule has 1 fully saturated rings. The Morgan fingerprint density at radius 1 is 1.52 bits per heavy atom. The summed E-state index contributed by atoms with van der Waals surface area (Å²) in [5.74, 6) is -0.674. The van der Waals surface area contributed by atoms with Gasteiger partial charge in [-0.1, -0.05) is 19.1 Å². The van der Waals surface area contributed by atoms with Crippen LogP contribution in [0, 0.1) is 5.92 Å². The van der Waals surface area contributed by atoms with Gasteiger partial charge in [0.25, 0.3) is 0 Å². The number of carbonyl (C=O) groups excluding carboxylic acids is 1. The molecule has 0 bridgehead atoms. The van der Waals surface area contributed by atoms with Crippen molar-refractivity contribution in [3.8, 4) is 0 Å². The number of amides is 2. The van der Waals surface area contributed by atoms with Gasteiger partial charge in [0.1, 0.15) is 0 Å². The molecule has 2 amide bonds. The Bertz CT molecular complexity index is 510. The Morgan fingerprint density at radius 2 is 2.24 bits per heavy atom. The quantitative estimate of drug-likeness (QED) is 0.775. The fourth-order valence-corrected chi connectivity index (χ4v) is 2.06. The Kier molecular flexibility index (Phi) is 4.77. The second kappa shape index (κ2) is 6.55. The average molecular weight is 295 g/mol. The van der Waals surface area contributed by atoms with E-state index in [1.54, 1.807) is 0 Å². The fourth-order valence-electron chi connectivity index (χ4n) is 2.06. The zero-order chi connectivity index (χ0) is 15.4. The van der Waals surface area contributed by atoms with E-state index in [0.29, 0.717) is 25.0 Å². The number of rotatable bonds is 7. The molecule has 1 aromatic heterocycles. The van der Waals surface area contributed by atoms with Crippen LogP contribution in [0.15, 0.2) is 6.20 Å². The number of urea groups is 1. The molecule has 116 valence electrons. The van der Waals surface area contributed by atoms with Gasteiger partial charge in [-0.2, -0.15) is 0 Å². The summed E-state index contributed by atoms with van der Waals surface area (Å²) in [5.41, 5.74) is -0.0965. The summed E-state index contributed by atoms with van der Waals surface area (Å²) in [4.78, 5) is 24.7. The van der Waals surface area contributed by atoms with Crippen molar-refractivity contribution in [1.82, 2.24) is 25.2 Å². The molecule has 0 saturated heterocycles.